The maximum absolute atomic E-state index is 16.4. The van der Waals surface area contributed by atoms with Crippen molar-refractivity contribution in [1.82, 2.24) is 30.2 Å². The fraction of sp³-hybridized carbons (Fsp3) is 0.507. The van der Waals surface area contributed by atoms with E-state index in [4.69, 9.17) is 28.4 Å². The fourth-order valence-corrected chi connectivity index (χ4v) is 10.4. The molecule has 0 radical (unpaired) electrons. The van der Waals surface area contributed by atoms with Gasteiger partial charge in [-0.25, -0.2) is 14.0 Å². The number of piperidine rings is 1. The van der Waals surface area contributed by atoms with Gasteiger partial charge in [-0.15, -0.1) is 0 Å². The van der Waals surface area contributed by atoms with Crippen molar-refractivity contribution in [2.24, 2.45) is 5.41 Å². The molecule has 0 aliphatic carbocycles. The molecule has 2 heterocycles. The Labute approximate surface area is 520 Å². The Morgan fingerprint density at radius 2 is 1.47 bits per heavy atom. The molecular formula is C67H87FN6O15. The molecule has 6 amide bonds. The molecule has 0 aromatic heterocycles. The number of aryl methyl sites for hydroxylation is 1. The van der Waals surface area contributed by atoms with Crippen molar-refractivity contribution < 1.29 is 76.0 Å². The molecule has 21 nitrogen and oxygen atoms in total. The summed E-state index contributed by atoms with van der Waals surface area (Å²) >= 11 is 0. The van der Waals surface area contributed by atoms with Crippen molar-refractivity contribution >= 4 is 63.9 Å². The number of esters is 2. The highest BCUT2D eigenvalue weighted by atomic mass is 19.1. The van der Waals surface area contributed by atoms with Crippen molar-refractivity contribution in [2.45, 2.75) is 142 Å². The van der Waals surface area contributed by atoms with Gasteiger partial charge >= 0.3 is 11.9 Å². The predicted octanol–water partition coefficient (Wildman–Crippen LogP) is 7.03. The van der Waals surface area contributed by atoms with Crippen LogP contribution in [0.4, 0.5) is 4.39 Å². The van der Waals surface area contributed by atoms with Crippen LogP contribution in [-0.4, -0.2) is 177 Å². The van der Waals surface area contributed by atoms with Gasteiger partial charge in [-0.2, -0.15) is 0 Å². The highest BCUT2D eigenvalue weighted by Crippen LogP contribution is 2.34. The van der Waals surface area contributed by atoms with Crippen LogP contribution in [0.1, 0.15) is 116 Å². The Morgan fingerprint density at radius 1 is 0.753 bits per heavy atom. The lowest BCUT2D eigenvalue weighted by Gasteiger charge is -2.36. The first-order valence-electron chi connectivity index (χ1n) is 30.2. The number of rotatable bonds is 12. The molecule has 89 heavy (non-hydrogen) atoms. The Morgan fingerprint density at radius 3 is 2.18 bits per heavy atom. The molecule has 4 aromatic rings. The largest absolute Gasteiger partial charge is 0.493 e. The van der Waals surface area contributed by atoms with Crippen LogP contribution in [0.15, 0.2) is 91.0 Å². The van der Waals surface area contributed by atoms with Crippen LogP contribution < -0.4 is 24.8 Å². The number of hydrogen-bond donors (Lipinski definition) is 2. The van der Waals surface area contributed by atoms with Crippen molar-refractivity contribution in [3.63, 3.8) is 0 Å². The summed E-state index contributed by atoms with van der Waals surface area (Å²) in [5.74, 6) is -6.72. The minimum Gasteiger partial charge on any atom is -0.493 e. The Kier molecular flexibility index (Phi) is 25.2. The number of likely N-dealkylation sites (N-methyl/N-ethyl adjacent to an activating group) is 3. The number of cyclic esters (lactones) is 2. The third kappa shape index (κ3) is 19.5. The lowest BCUT2D eigenvalue weighted by Crippen LogP contribution is -2.59. The Balaban J connectivity index is 1.37. The average Bonchev–Trinajstić information content (AvgIpc) is 2.63. The second kappa shape index (κ2) is 32.2. The van der Waals surface area contributed by atoms with Gasteiger partial charge in [-0.1, -0.05) is 74.4 Å². The van der Waals surface area contributed by atoms with Crippen molar-refractivity contribution in [2.75, 3.05) is 74.8 Å². The second-order valence-electron chi connectivity index (χ2n) is 24.2. The normalized spacial score (nSPS) is 21.5. The van der Waals surface area contributed by atoms with Crippen LogP contribution in [-0.2, 0) is 70.2 Å². The van der Waals surface area contributed by atoms with E-state index in [-0.39, 0.29) is 69.5 Å². The molecule has 1 saturated heterocycles. The number of fused-ring (bicyclic) bond motifs is 4. The summed E-state index contributed by atoms with van der Waals surface area (Å²) in [6.07, 6.45) is 4.03. The van der Waals surface area contributed by atoms with Gasteiger partial charge in [0, 0.05) is 52.3 Å². The van der Waals surface area contributed by atoms with Crippen molar-refractivity contribution in [1.29, 1.82) is 0 Å². The van der Waals surface area contributed by atoms with E-state index in [9.17, 15) is 38.4 Å². The minimum atomic E-state index is -1.55. The van der Waals surface area contributed by atoms with E-state index in [0.29, 0.717) is 48.3 Å². The molecule has 1 fully saturated rings. The van der Waals surface area contributed by atoms with Gasteiger partial charge < -0.3 is 58.7 Å². The number of methoxy groups -OCH3 is 2. The summed E-state index contributed by atoms with van der Waals surface area (Å²) in [5, 5.41) is 7.41. The number of nitrogens with one attached hydrogen (secondary N) is 2. The number of nitrogens with zero attached hydrogens (tertiary/aromatic N) is 4. The van der Waals surface area contributed by atoms with Crippen molar-refractivity contribution in [3.8, 4) is 17.2 Å². The van der Waals surface area contributed by atoms with Crippen LogP contribution in [0.3, 0.4) is 0 Å². The summed E-state index contributed by atoms with van der Waals surface area (Å²) in [6, 6.07) is 17.2. The molecule has 0 saturated carbocycles. The van der Waals surface area contributed by atoms with Gasteiger partial charge in [0.05, 0.1) is 38.4 Å². The number of hydrogen-bond acceptors (Lipinski definition) is 15. The first-order valence-corrected chi connectivity index (χ1v) is 30.2. The molecule has 4 aromatic carbocycles. The first-order chi connectivity index (χ1) is 42.2. The summed E-state index contributed by atoms with van der Waals surface area (Å²) in [5.41, 5.74) is -1.04. The fourth-order valence-electron chi connectivity index (χ4n) is 10.4. The summed E-state index contributed by atoms with van der Waals surface area (Å²) < 4.78 is 51.1. The number of amides is 6. The zero-order valence-electron chi connectivity index (χ0n) is 53.2. The topological polar surface area (TPSA) is 246 Å². The monoisotopic (exact) mass is 1230 g/mol. The Bertz CT molecular complexity index is 3220. The molecule has 482 valence electrons. The number of unbranched alkanes of at least 4 members (excludes halogenated alkanes) is 1. The zero-order chi connectivity index (χ0) is 65.2. The number of carbonyl (C=O) groups excluding carboxylic acids is 9. The third-order valence-electron chi connectivity index (χ3n) is 15.9. The van der Waals surface area contributed by atoms with Crippen LogP contribution >= 0.6 is 0 Å². The van der Waals surface area contributed by atoms with E-state index < -0.39 is 120 Å². The maximum Gasteiger partial charge on any atom is 0.330 e. The van der Waals surface area contributed by atoms with E-state index >= 15 is 9.18 Å². The molecule has 2 aliphatic heterocycles. The SMILES string of the molecule is CCCC[C@H]1C(=O)N[C@@H](Cc2ccc3ccccc3c2)C(=O)N(C)[C@@H](COC(C)(C)C)C(=O)NCC(=O)N(C)CCC=CC(=O)OCC(C)(C)C(=O)C(=O)N2CCCC[C@H]2C(=O)O[C@H](CCc2ccc(OC)c(OC)c2)c2cc(ccc2F)OCC(=O)N1C. The quantitative estimate of drug-likeness (QED) is 0.107. The van der Waals surface area contributed by atoms with Gasteiger partial charge in [-0.05, 0) is 132 Å². The smallest absolute Gasteiger partial charge is 0.330 e. The molecule has 0 spiro atoms. The van der Waals surface area contributed by atoms with Crippen molar-refractivity contribution in [3.05, 3.63) is 114 Å². The predicted molar refractivity (Wildman–Crippen MR) is 330 cm³/mol. The number of Topliss-reactive ketones (excluding diaryl/α,β-unsaturated/α-hetero) is 1. The molecule has 0 unspecified atom stereocenters. The van der Waals surface area contributed by atoms with Gasteiger partial charge in [-0.3, -0.25) is 33.6 Å². The van der Waals surface area contributed by atoms with Gasteiger partial charge in [0.2, 0.25) is 29.4 Å². The van der Waals surface area contributed by atoms with E-state index in [1.807, 2.05) is 49.4 Å². The molecule has 2 aliphatic rings. The molecule has 2 bridgehead atoms. The van der Waals surface area contributed by atoms with Gasteiger partial charge in [0.15, 0.2) is 18.1 Å². The highest BCUT2D eigenvalue weighted by Gasteiger charge is 2.43. The van der Waals surface area contributed by atoms with Crippen LogP contribution in [0.2, 0.25) is 0 Å². The lowest BCUT2D eigenvalue weighted by atomic mass is 9.87. The molecule has 2 N–H and O–H groups in total. The van der Waals surface area contributed by atoms with E-state index in [1.165, 1.54) is 82.1 Å². The zero-order valence-corrected chi connectivity index (χ0v) is 53.2. The number of carbonyl (C=O) groups is 9. The molecule has 22 heteroatoms. The van der Waals surface area contributed by atoms with Crippen LogP contribution in [0.5, 0.6) is 17.2 Å². The standard InChI is InChI=1S/C67H87FN6O15/c1-12-13-22-51-62(80)70-50(36-44-25-28-45-20-14-15-21-46(45)35-44)63(81)73(9)53(40-88-66(2,3)4)61(79)69-39-57(75)71(7)33-18-17-24-59(77)87-42-67(5,6)60(78)64(82)74-34-19-16-23-52(74)65(83)89-54(31-26-43-27-32-55(84-10)56(37-43)85-11)48-38-47(29-30-49(48)68)86-41-58(76)72(51)8/h14-15,17,20-21,24-25,27-30,32,35,37-38,50-54H,12-13,16,18-19,22-23,26,31,33-34,36,39-42H2,1-11H3,(H,69,79)(H,70,80)/t50-,51-,52-,53-,54+/m0/s1. The number of ketones is 1. The molecule has 6 rings (SSSR count). The Hall–Kier alpha value is -8.40. The summed E-state index contributed by atoms with van der Waals surface area (Å²) in [4.78, 5) is 132. The highest BCUT2D eigenvalue weighted by molar-refractivity contribution is 6.38. The third-order valence-corrected chi connectivity index (χ3v) is 15.9. The van der Waals surface area contributed by atoms with Crippen LogP contribution in [0, 0.1) is 11.2 Å². The van der Waals surface area contributed by atoms with Gasteiger partial charge in [0.25, 0.3) is 11.8 Å². The maximum atomic E-state index is 16.4. The van der Waals surface area contributed by atoms with E-state index in [1.54, 1.807) is 39.0 Å². The molecule has 5 atom stereocenters. The summed E-state index contributed by atoms with van der Waals surface area (Å²) in [7, 11) is 7.33. The number of ether oxygens (including phenoxy) is 6. The number of halogens is 1. The van der Waals surface area contributed by atoms with Gasteiger partial charge in [0.1, 0.15) is 48.4 Å². The lowest BCUT2D eigenvalue weighted by molar-refractivity contribution is -0.165. The second-order valence-corrected chi connectivity index (χ2v) is 24.2. The number of benzene rings is 4. The minimum absolute atomic E-state index is 0.00253. The average molecular weight is 1240 g/mol. The van der Waals surface area contributed by atoms with Crippen LogP contribution in [0.25, 0.3) is 10.8 Å². The van der Waals surface area contributed by atoms with E-state index in [0.717, 1.165) is 27.8 Å². The molecular weight excluding hydrogens is 1150 g/mol. The van der Waals surface area contributed by atoms with E-state index in [2.05, 4.69) is 10.6 Å². The summed E-state index contributed by atoms with van der Waals surface area (Å²) in [6.45, 7) is 8.36. The first kappa shape index (κ1) is 69.7.